The van der Waals surface area contributed by atoms with E-state index in [2.05, 4.69) is 34.6 Å². The number of fused-ring (bicyclic) bond motifs is 1. The molecule has 1 N–H and O–H groups in total. The SMILES string of the molecule is Cc1nn(CCCC(=O)NC[C@H](C)c2ccccc2)c(=O)c2noc(C)c12. The standard InChI is InChI=1S/C20H24N4O3/c1-13(16-8-5-4-6-9-16)12-21-17(25)10-7-11-24-20(26)19-18(14(2)22-24)15(3)27-23-19/h4-6,8-9,13H,7,10-12H2,1-3H3,(H,21,25)/t13-/m0/s1. The van der Waals surface area contributed by atoms with Crippen LogP contribution in [0.4, 0.5) is 0 Å². The summed E-state index contributed by atoms with van der Waals surface area (Å²) in [7, 11) is 0. The third kappa shape index (κ3) is 4.24. The van der Waals surface area contributed by atoms with Crippen LogP contribution >= 0.6 is 0 Å². The van der Waals surface area contributed by atoms with Gasteiger partial charge in [-0.3, -0.25) is 9.59 Å². The molecule has 2 heterocycles. The number of carbonyl (C=O) groups excluding carboxylic acids is 1. The molecule has 3 rings (SSSR count). The number of hydrogen-bond acceptors (Lipinski definition) is 5. The second-order valence-corrected chi connectivity index (χ2v) is 6.80. The molecule has 0 saturated heterocycles. The Labute approximate surface area is 157 Å². The van der Waals surface area contributed by atoms with Crippen molar-refractivity contribution in [3.8, 4) is 0 Å². The average Bonchev–Trinajstić information content (AvgIpc) is 3.07. The molecule has 0 radical (unpaired) electrons. The summed E-state index contributed by atoms with van der Waals surface area (Å²) in [4.78, 5) is 24.5. The highest BCUT2D eigenvalue weighted by Gasteiger charge is 2.15. The number of aryl methyl sites for hydroxylation is 3. The van der Waals surface area contributed by atoms with Crippen LogP contribution in [0.3, 0.4) is 0 Å². The van der Waals surface area contributed by atoms with Crippen LogP contribution in [-0.2, 0) is 11.3 Å². The number of rotatable bonds is 7. The molecule has 0 saturated carbocycles. The zero-order valence-electron chi connectivity index (χ0n) is 15.9. The van der Waals surface area contributed by atoms with Crippen LogP contribution in [0.25, 0.3) is 10.9 Å². The summed E-state index contributed by atoms with van der Waals surface area (Å²) >= 11 is 0. The van der Waals surface area contributed by atoms with Gasteiger partial charge in [-0.25, -0.2) is 4.68 Å². The van der Waals surface area contributed by atoms with Crippen molar-refractivity contribution in [3.63, 3.8) is 0 Å². The third-order valence-electron chi connectivity index (χ3n) is 4.68. The lowest BCUT2D eigenvalue weighted by Gasteiger charge is -2.13. The van der Waals surface area contributed by atoms with Crippen molar-refractivity contribution < 1.29 is 9.32 Å². The van der Waals surface area contributed by atoms with E-state index < -0.39 is 0 Å². The number of nitrogens with one attached hydrogen (secondary N) is 1. The molecule has 7 nitrogen and oxygen atoms in total. The quantitative estimate of drug-likeness (QED) is 0.692. The van der Waals surface area contributed by atoms with Gasteiger partial charge in [0.15, 0.2) is 5.52 Å². The molecule has 0 spiro atoms. The summed E-state index contributed by atoms with van der Waals surface area (Å²) in [5, 5.41) is 11.8. The normalized spacial score (nSPS) is 12.3. The van der Waals surface area contributed by atoms with Gasteiger partial charge in [-0.1, -0.05) is 42.4 Å². The molecular weight excluding hydrogens is 344 g/mol. The van der Waals surface area contributed by atoms with Crippen molar-refractivity contribution in [2.24, 2.45) is 0 Å². The van der Waals surface area contributed by atoms with E-state index in [1.807, 2.05) is 25.1 Å². The van der Waals surface area contributed by atoms with Gasteiger partial charge in [0.2, 0.25) is 5.91 Å². The fraction of sp³-hybridized carbons (Fsp3) is 0.400. The van der Waals surface area contributed by atoms with Crippen molar-refractivity contribution in [2.45, 2.75) is 46.1 Å². The van der Waals surface area contributed by atoms with Gasteiger partial charge in [0.25, 0.3) is 5.56 Å². The molecule has 2 aromatic heterocycles. The topological polar surface area (TPSA) is 90.0 Å². The maximum atomic E-state index is 12.4. The van der Waals surface area contributed by atoms with E-state index in [0.29, 0.717) is 48.3 Å². The van der Waals surface area contributed by atoms with Gasteiger partial charge in [-0.05, 0) is 31.7 Å². The first-order chi connectivity index (χ1) is 13.0. The summed E-state index contributed by atoms with van der Waals surface area (Å²) in [6, 6.07) is 10.1. The fourth-order valence-electron chi connectivity index (χ4n) is 3.14. The van der Waals surface area contributed by atoms with E-state index in [1.165, 1.54) is 10.2 Å². The number of aromatic nitrogens is 3. The van der Waals surface area contributed by atoms with Crippen molar-refractivity contribution in [2.75, 3.05) is 6.54 Å². The minimum absolute atomic E-state index is 0.0269. The van der Waals surface area contributed by atoms with Crippen LogP contribution in [0.5, 0.6) is 0 Å². The summed E-state index contributed by atoms with van der Waals surface area (Å²) in [6.07, 6.45) is 0.866. The molecule has 7 heteroatoms. The first-order valence-electron chi connectivity index (χ1n) is 9.12. The largest absolute Gasteiger partial charge is 0.360 e. The van der Waals surface area contributed by atoms with Gasteiger partial charge in [0, 0.05) is 19.5 Å². The highest BCUT2D eigenvalue weighted by molar-refractivity contribution is 5.81. The maximum absolute atomic E-state index is 12.4. The summed E-state index contributed by atoms with van der Waals surface area (Å²) in [5.41, 5.74) is 1.90. The molecule has 1 amide bonds. The Morgan fingerprint density at radius 1 is 1.26 bits per heavy atom. The number of carbonyl (C=O) groups is 1. The molecule has 0 aliphatic heterocycles. The molecule has 1 aromatic carbocycles. The van der Waals surface area contributed by atoms with Gasteiger partial charge in [-0.15, -0.1) is 0 Å². The molecule has 0 unspecified atom stereocenters. The Morgan fingerprint density at radius 2 is 2.00 bits per heavy atom. The molecule has 1 atom stereocenters. The second kappa shape index (κ2) is 8.16. The van der Waals surface area contributed by atoms with Crippen molar-refractivity contribution in [1.29, 1.82) is 0 Å². The van der Waals surface area contributed by atoms with Crippen LogP contribution < -0.4 is 10.9 Å². The van der Waals surface area contributed by atoms with Gasteiger partial charge in [0.1, 0.15) is 5.76 Å². The summed E-state index contributed by atoms with van der Waals surface area (Å²) in [5.74, 6) is 0.812. The highest BCUT2D eigenvalue weighted by Crippen LogP contribution is 2.16. The molecule has 0 fully saturated rings. The highest BCUT2D eigenvalue weighted by atomic mass is 16.5. The summed E-state index contributed by atoms with van der Waals surface area (Å²) < 4.78 is 6.46. The fourth-order valence-corrected chi connectivity index (χ4v) is 3.14. The Hall–Kier alpha value is -2.96. The van der Waals surface area contributed by atoms with Crippen molar-refractivity contribution in [1.82, 2.24) is 20.3 Å². The molecule has 27 heavy (non-hydrogen) atoms. The van der Waals surface area contributed by atoms with Crippen molar-refractivity contribution in [3.05, 3.63) is 57.7 Å². The molecule has 142 valence electrons. The van der Waals surface area contributed by atoms with E-state index in [4.69, 9.17) is 4.52 Å². The molecule has 0 bridgehead atoms. The van der Waals surface area contributed by atoms with Gasteiger partial charge < -0.3 is 9.84 Å². The lowest BCUT2D eigenvalue weighted by atomic mass is 10.0. The molecular formula is C20H24N4O3. The monoisotopic (exact) mass is 368 g/mol. The molecule has 3 aromatic rings. The van der Waals surface area contributed by atoms with E-state index in [1.54, 1.807) is 6.92 Å². The third-order valence-corrected chi connectivity index (χ3v) is 4.68. The molecule has 0 aliphatic carbocycles. The van der Waals surface area contributed by atoms with E-state index in [9.17, 15) is 9.59 Å². The van der Waals surface area contributed by atoms with Crippen LogP contribution in [0, 0.1) is 13.8 Å². The van der Waals surface area contributed by atoms with Gasteiger partial charge in [-0.2, -0.15) is 5.10 Å². The average molecular weight is 368 g/mol. The summed E-state index contributed by atoms with van der Waals surface area (Å²) in [6.45, 7) is 6.61. The smallest absolute Gasteiger partial charge is 0.296 e. The maximum Gasteiger partial charge on any atom is 0.296 e. The Morgan fingerprint density at radius 3 is 2.74 bits per heavy atom. The lowest BCUT2D eigenvalue weighted by molar-refractivity contribution is -0.121. The number of hydrogen-bond donors (Lipinski definition) is 1. The minimum Gasteiger partial charge on any atom is -0.360 e. The Kier molecular flexibility index (Phi) is 5.69. The van der Waals surface area contributed by atoms with Crippen LogP contribution in [-0.4, -0.2) is 27.4 Å². The van der Waals surface area contributed by atoms with E-state index in [-0.39, 0.29) is 17.4 Å². The van der Waals surface area contributed by atoms with Crippen molar-refractivity contribution >= 4 is 16.8 Å². The first kappa shape index (κ1) is 18.8. The number of nitrogens with zero attached hydrogens (tertiary/aromatic N) is 3. The zero-order valence-corrected chi connectivity index (χ0v) is 15.9. The van der Waals surface area contributed by atoms with Crippen LogP contribution in [0.1, 0.15) is 42.7 Å². The predicted molar refractivity (Wildman–Crippen MR) is 103 cm³/mol. The predicted octanol–water partition coefficient (Wildman–Crippen LogP) is 2.70. The van der Waals surface area contributed by atoms with Gasteiger partial charge in [0.05, 0.1) is 11.1 Å². The van der Waals surface area contributed by atoms with E-state index >= 15 is 0 Å². The number of benzene rings is 1. The van der Waals surface area contributed by atoms with Crippen LogP contribution in [0.2, 0.25) is 0 Å². The molecule has 0 aliphatic rings. The van der Waals surface area contributed by atoms with Gasteiger partial charge >= 0.3 is 0 Å². The lowest BCUT2D eigenvalue weighted by Crippen LogP contribution is -2.28. The Balaban J connectivity index is 1.52. The zero-order chi connectivity index (χ0) is 19.4. The van der Waals surface area contributed by atoms with E-state index in [0.717, 1.165) is 0 Å². The minimum atomic E-state index is -0.287. The second-order valence-electron chi connectivity index (χ2n) is 6.80. The Bertz CT molecular complexity index is 992. The first-order valence-corrected chi connectivity index (χ1v) is 9.12. The van der Waals surface area contributed by atoms with Crippen LogP contribution in [0.15, 0.2) is 39.6 Å². The number of amides is 1.